The topological polar surface area (TPSA) is 355 Å². The van der Waals surface area contributed by atoms with Gasteiger partial charge in [-0.15, -0.1) is 0 Å². The molecule has 20 N–H and O–H groups in total. The van der Waals surface area contributed by atoms with Crippen molar-refractivity contribution in [2.75, 3.05) is 0 Å². The average molecular weight is 266 g/mol. The van der Waals surface area contributed by atoms with Crippen LogP contribution in [-0.2, 0) is 4.57 Å². The quantitative estimate of drug-likeness (QED) is 0.304. The number of hydrogen-bond donors (Lipinski definition) is 0. The van der Waals surface area contributed by atoms with Crippen LogP contribution >= 0.6 is 8.69 Å². The largest absolute Gasteiger partial charge is 1.00 e. The minimum Gasteiger partial charge on any atom is -0.772 e. The van der Waals surface area contributed by atoms with Crippen LogP contribution in [0.25, 0.3) is 0 Å². The van der Waals surface area contributed by atoms with Crippen molar-refractivity contribution in [1.29, 1.82) is 0 Å². The van der Waals surface area contributed by atoms with Gasteiger partial charge in [0.2, 0.25) is 0 Å². The van der Waals surface area contributed by atoms with E-state index in [0.29, 0.717) is 0 Å². The molecule has 98 valence electrons. The van der Waals surface area contributed by atoms with Gasteiger partial charge >= 0.3 is 29.6 Å². The van der Waals surface area contributed by atoms with E-state index in [2.05, 4.69) is 0 Å². The van der Waals surface area contributed by atoms with Crippen LogP contribution in [-0.4, -0.2) is 54.8 Å². The standard InChI is InChI=1S/Na.HO2P.10H2O/c;1-3-2;;;;;;;;;;/h;(H,1,2);10*1H2/q+1;;;;;;;;;;;/p-1. The second-order valence-electron chi connectivity index (χ2n) is 0.0745. The van der Waals surface area contributed by atoms with E-state index >= 15 is 0 Å². The second-order valence-corrected chi connectivity index (χ2v) is 0.224. The molecule has 0 rings (SSSR count). The summed E-state index contributed by atoms with van der Waals surface area (Å²) in [4.78, 5) is 8.35. The Labute approximate surface area is 103 Å². The fraction of sp³-hybridized carbons (Fsp3) is 0. The molecule has 0 aromatic heterocycles. The van der Waals surface area contributed by atoms with Crippen LogP contribution in [0.4, 0.5) is 0 Å². The molecule has 0 spiro atoms. The van der Waals surface area contributed by atoms with E-state index in [-0.39, 0.29) is 84.3 Å². The minimum atomic E-state index is -1.08. The van der Waals surface area contributed by atoms with E-state index < -0.39 is 8.69 Å². The molecule has 12 nitrogen and oxygen atoms in total. The summed E-state index contributed by atoms with van der Waals surface area (Å²) in [5.74, 6) is 0. The molecule has 0 heterocycles. The molecule has 0 radical (unpaired) electrons. The maximum atomic E-state index is 8.35. The van der Waals surface area contributed by atoms with Crippen LogP contribution in [0.15, 0.2) is 0 Å². The Morgan fingerprint density at radius 3 is 0.571 bits per heavy atom. The predicted molar refractivity (Wildman–Crippen MR) is 43.7 cm³/mol. The zero-order valence-corrected chi connectivity index (χ0v) is 10.2. The molecule has 0 unspecified atom stereocenters. The van der Waals surface area contributed by atoms with Gasteiger partial charge in [-0.1, -0.05) is 0 Å². The van der Waals surface area contributed by atoms with E-state index in [4.69, 9.17) is 9.46 Å². The number of rotatable bonds is 0. The molecule has 0 saturated carbocycles. The molecular weight excluding hydrogens is 246 g/mol. The van der Waals surface area contributed by atoms with Crippen molar-refractivity contribution < 1.29 is 93.8 Å². The summed E-state index contributed by atoms with van der Waals surface area (Å²) < 4.78 is 8.35. The summed E-state index contributed by atoms with van der Waals surface area (Å²) in [6.07, 6.45) is 0. The van der Waals surface area contributed by atoms with Gasteiger partial charge in [0, 0.05) is 0 Å². The van der Waals surface area contributed by atoms with Crippen molar-refractivity contribution in [3.63, 3.8) is 0 Å². The van der Waals surface area contributed by atoms with E-state index in [1.807, 2.05) is 0 Å². The summed E-state index contributed by atoms with van der Waals surface area (Å²) in [5.41, 5.74) is 0. The van der Waals surface area contributed by atoms with Gasteiger partial charge in [-0.3, -0.25) is 4.57 Å². The van der Waals surface area contributed by atoms with E-state index in [1.54, 1.807) is 0 Å². The Morgan fingerprint density at radius 1 is 0.571 bits per heavy atom. The molecule has 0 aromatic rings. The van der Waals surface area contributed by atoms with Crippen molar-refractivity contribution in [2.45, 2.75) is 0 Å². The number of hydrogen-bond acceptors (Lipinski definition) is 2. The third-order valence-electron chi connectivity index (χ3n) is 0. The first-order valence-electron chi connectivity index (χ1n) is 0.365. The Hall–Kier alpha value is 0.660. The first-order valence-corrected chi connectivity index (χ1v) is 1.10. The smallest absolute Gasteiger partial charge is 0.772 e. The molecule has 0 aliphatic rings. The van der Waals surface area contributed by atoms with Gasteiger partial charge in [-0.05, 0) is 0 Å². The third-order valence-corrected chi connectivity index (χ3v) is 0. The molecule has 0 aromatic carbocycles. The zero-order chi connectivity index (χ0) is 2.71. The fourth-order valence-electron chi connectivity index (χ4n) is 0. The van der Waals surface area contributed by atoms with Gasteiger partial charge in [0.1, 0.15) is 0 Å². The van der Waals surface area contributed by atoms with Crippen LogP contribution in [0.2, 0.25) is 0 Å². The van der Waals surface area contributed by atoms with Gasteiger partial charge in [-0.25, -0.2) is 0 Å². The van der Waals surface area contributed by atoms with Crippen LogP contribution in [0, 0.1) is 0 Å². The second kappa shape index (κ2) is 795. The van der Waals surface area contributed by atoms with E-state index in [9.17, 15) is 0 Å². The first kappa shape index (κ1) is 387. The SMILES string of the molecule is O.O.O.O.O.O.O.O.O.O.O=P[O-].[Na+]. The third kappa shape index (κ3) is 3950. The van der Waals surface area contributed by atoms with Gasteiger partial charge < -0.3 is 59.7 Å². The van der Waals surface area contributed by atoms with Crippen molar-refractivity contribution in [2.24, 2.45) is 0 Å². The van der Waals surface area contributed by atoms with Crippen LogP contribution in [0.1, 0.15) is 0 Å². The van der Waals surface area contributed by atoms with Gasteiger partial charge in [0.25, 0.3) is 0 Å². The van der Waals surface area contributed by atoms with Crippen molar-refractivity contribution in [1.82, 2.24) is 0 Å². The summed E-state index contributed by atoms with van der Waals surface area (Å²) in [6, 6.07) is 0. The van der Waals surface area contributed by atoms with Crippen LogP contribution in [0.5, 0.6) is 0 Å². The molecular formula is H20NaO12P. The monoisotopic (exact) mass is 266 g/mol. The summed E-state index contributed by atoms with van der Waals surface area (Å²) in [5, 5.41) is 0. The van der Waals surface area contributed by atoms with Crippen molar-refractivity contribution in [3.8, 4) is 0 Å². The molecule has 0 amide bonds. The Bertz CT molecular complexity index is 17.8. The molecule has 14 heavy (non-hydrogen) atoms. The van der Waals surface area contributed by atoms with Crippen molar-refractivity contribution >= 4 is 8.69 Å². The Kier molecular flexibility index (Phi) is 21900. The van der Waals surface area contributed by atoms with E-state index in [0.717, 1.165) is 0 Å². The van der Waals surface area contributed by atoms with Crippen LogP contribution < -0.4 is 34.5 Å². The maximum Gasteiger partial charge on any atom is 1.00 e. The molecule has 0 aliphatic carbocycles. The van der Waals surface area contributed by atoms with E-state index in [1.165, 1.54) is 0 Å². The molecule has 0 fully saturated rings. The summed E-state index contributed by atoms with van der Waals surface area (Å²) in [7, 11) is -1.08. The molecule has 0 atom stereocenters. The predicted octanol–water partition coefficient (Wildman–Crippen LogP) is -11.7. The Morgan fingerprint density at radius 2 is 0.571 bits per heavy atom. The van der Waals surface area contributed by atoms with Crippen LogP contribution in [0.3, 0.4) is 0 Å². The van der Waals surface area contributed by atoms with Gasteiger partial charge in [-0.2, -0.15) is 0 Å². The molecule has 14 heteroatoms. The Balaban J connectivity index is -0.000000000364. The molecule has 0 saturated heterocycles. The summed E-state index contributed by atoms with van der Waals surface area (Å²) >= 11 is 0. The first-order chi connectivity index (χ1) is 1.41. The minimum absolute atomic E-state index is 0. The maximum absolute atomic E-state index is 8.35. The average Bonchev–Trinajstić information content (AvgIpc) is 0.918. The van der Waals surface area contributed by atoms with Gasteiger partial charge in [0.15, 0.2) is 0 Å². The summed E-state index contributed by atoms with van der Waals surface area (Å²) in [6.45, 7) is 0. The molecule has 0 aliphatic heterocycles. The molecule has 0 bridgehead atoms. The fourth-order valence-corrected chi connectivity index (χ4v) is 0. The normalized spacial score (nSPS) is 1.50. The van der Waals surface area contributed by atoms with Crippen molar-refractivity contribution in [3.05, 3.63) is 0 Å². The van der Waals surface area contributed by atoms with Gasteiger partial charge in [0.05, 0.1) is 8.69 Å². The zero-order valence-electron chi connectivity index (χ0n) is 7.26.